The Hall–Kier alpha value is -5.00. The van der Waals surface area contributed by atoms with Crippen LogP contribution in [0.15, 0.2) is 0 Å². The van der Waals surface area contributed by atoms with Crippen molar-refractivity contribution < 1.29 is 38.1 Å². The predicted molar refractivity (Wildman–Crippen MR) is 226 cm³/mol. The molecule has 0 fully saturated rings. The zero-order chi connectivity index (χ0) is 43.3. The summed E-state index contributed by atoms with van der Waals surface area (Å²) in [4.78, 5) is 67.8. The standard InChI is InChI=1S/C46H66N4O8/c1-15-19-21-29-25(5)37(43(53)57-45(9,10)11)48-32(29)23-31-27(7)36(40(47-31)42(52)56-18-4)35-28(8)39(41(51)55-17-3)50-34(35)24-33-30(22-20-16-2)26(6)38(49-33)44(54)58-46(12,13)14/h47-50H,15-24H2,1-14H3. The van der Waals surface area contributed by atoms with E-state index in [1.807, 2.05) is 69.2 Å². The van der Waals surface area contributed by atoms with E-state index in [1.54, 1.807) is 13.8 Å². The van der Waals surface area contributed by atoms with E-state index in [-0.39, 0.29) is 31.0 Å². The summed E-state index contributed by atoms with van der Waals surface area (Å²) in [6, 6.07) is 0. The van der Waals surface area contributed by atoms with E-state index in [0.29, 0.717) is 40.2 Å². The molecule has 0 aliphatic heterocycles. The molecule has 4 heterocycles. The van der Waals surface area contributed by atoms with Crippen LogP contribution in [0.25, 0.3) is 11.1 Å². The van der Waals surface area contributed by atoms with Crippen LogP contribution in [0.2, 0.25) is 0 Å². The summed E-state index contributed by atoms with van der Waals surface area (Å²) in [5.74, 6) is -1.91. The van der Waals surface area contributed by atoms with Crippen molar-refractivity contribution in [2.24, 2.45) is 0 Å². The molecule has 0 spiro atoms. The minimum absolute atomic E-state index is 0.158. The van der Waals surface area contributed by atoms with Gasteiger partial charge in [0.05, 0.1) is 13.2 Å². The molecule has 0 amide bonds. The van der Waals surface area contributed by atoms with E-state index in [2.05, 4.69) is 33.8 Å². The Bertz CT molecular complexity index is 2130. The number of rotatable bonds is 17. The van der Waals surface area contributed by atoms with Gasteiger partial charge in [-0.15, -0.1) is 0 Å². The van der Waals surface area contributed by atoms with Gasteiger partial charge in [-0.25, -0.2) is 19.2 Å². The molecule has 0 saturated carbocycles. The lowest BCUT2D eigenvalue weighted by Crippen LogP contribution is -2.24. The van der Waals surface area contributed by atoms with Gasteiger partial charge in [0.25, 0.3) is 0 Å². The van der Waals surface area contributed by atoms with Crippen molar-refractivity contribution >= 4 is 23.9 Å². The quantitative estimate of drug-likeness (QED) is 0.0604. The van der Waals surface area contributed by atoms with Crippen molar-refractivity contribution in [3.05, 3.63) is 78.9 Å². The Morgan fingerprint density at radius 1 is 0.466 bits per heavy atom. The summed E-state index contributed by atoms with van der Waals surface area (Å²) < 4.78 is 22.7. The minimum atomic E-state index is -0.684. The van der Waals surface area contributed by atoms with Gasteiger partial charge >= 0.3 is 23.9 Å². The number of unbranched alkanes of at least 4 members (excludes halogenated alkanes) is 2. The number of carbonyl (C=O) groups excluding carboxylic acids is 4. The topological polar surface area (TPSA) is 168 Å². The molecule has 0 unspecified atom stereocenters. The lowest BCUT2D eigenvalue weighted by Gasteiger charge is -2.19. The Labute approximate surface area is 343 Å². The van der Waals surface area contributed by atoms with Gasteiger partial charge in [0.2, 0.25) is 0 Å². The van der Waals surface area contributed by atoms with Crippen molar-refractivity contribution in [2.45, 2.75) is 160 Å². The molecule has 0 aliphatic carbocycles. The van der Waals surface area contributed by atoms with Crippen LogP contribution in [0, 0.1) is 27.7 Å². The predicted octanol–water partition coefficient (Wildman–Crippen LogP) is 10.0. The van der Waals surface area contributed by atoms with Crippen molar-refractivity contribution in [1.82, 2.24) is 19.9 Å². The van der Waals surface area contributed by atoms with Crippen LogP contribution in [-0.4, -0.2) is 68.2 Å². The highest BCUT2D eigenvalue weighted by molar-refractivity contribution is 6.01. The van der Waals surface area contributed by atoms with Crippen LogP contribution in [0.1, 0.15) is 193 Å². The van der Waals surface area contributed by atoms with Crippen LogP contribution in [0.5, 0.6) is 0 Å². The van der Waals surface area contributed by atoms with E-state index in [4.69, 9.17) is 18.9 Å². The number of aromatic amines is 4. The van der Waals surface area contributed by atoms with Gasteiger partial charge in [0.15, 0.2) is 0 Å². The summed E-state index contributed by atoms with van der Waals surface area (Å²) in [5.41, 5.74) is 9.48. The van der Waals surface area contributed by atoms with Crippen LogP contribution in [0.4, 0.5) is 0 Å². The highest BCUT2D eigenvalue weighted by Crippen LogP contribution is 2.40. The van der Waals surface area contributed by atoms with Crippen molar-refractivity contribution in [1.29, 1.82) is 0 Å². The number of carbonyl (C=O) groups is 4. The fourth-order valence-electron chi connectivity index (χ4n) is 7.53. The summed E-state index contributed by atoms with van der Waals surface area (Å²) in [7, 11) is 0. The Balaban J connectivity index is 1.97. The summed E-state index contributed by atoms with van der Waals surface area (Å²) >= 11 is 0. The van der Waals surface area contributed by atoms with Crippen LogP contribution in [0.3, 0.4) is 0 Å². The summed E-state index contributed by atoms with van der Waals surface area (Å²) in [6.07, 6.45) is 5.92. The maximum absolute atomic E-state index is 13.9. The fourth-order valence-corrected chi connectivity index (χ4v) is 7.53. The number of nitrogens with one attached hydrogen (secondary N) is 4. The zero-order valence-electron chi connectivity index (χ0n) is 37.3. The van der Waals surface area contributed by atoms with Crippen LogP contribution in [-0.2, 0) is 44.6 Å². The molecule has 12 heteroatoms. The average molecular weight is 803 g/mol. The molecule has 4 aromatic rings. The van der Waals surface area contributed by atoms with Crippen molar-refractivity contribution in [2.75, 3.05) is 13.2 Å². The van der Waals surface area contributed by atoms with E-state index in [1.165, 1.54) is 0 Å². The maximum atomic E-state index is 13.9. The molecule has 318 valence electrons. The highest BCUT2D eigenvalue weighted by atomic mass is 16.6. The molecule has 0 atom stereocenters. The zero-order valence-corrected chi connectivity index (χ0v) is 37.3. The monoisotopic (exact) mass is 802 g/mol. The second-order valence-electron chi connectivity index (χ2n) is 17.1. The fraction of sp³-hybridized carbons (Fsp3) is 0.565. The molecule has 0 radical (unpaired) electrons. The molecule has 4 N–H and O–H groups in total. The van der Waals surface area contributed by atoms with Crippen LogP contribution >= 0.6 is 0 Å². The van der Waals surface area contributed by atoms with Crippen molar-refractivity contribution in [3.8, 4) is 11.1 Å². The van der Waals surface area contributed by atoms with E-state index < -0.39 is 35.1 Å². The highest BCUT2D eigenvalue weighted by Gasteiger charge is 2.32. The van der Waals surface area contributed by atoms with Crippen molar-refractivity contribution in [3.63, 3.8) is 0 Å². The van der Waals surface area contributed by atoms with Gasteiger partial charge < -0.3 is 38.9 Å². The second kappa shape index (κ2) is 18.7. The molecule has 12 nitrogen and oxygen atoms in total. The third kappa shape index (κ3) is 10.3. The molecule has 0 aromatic carbocycles. The largest absolute Gasteiger partial charge is 0.461 e. The first-order valence-corrected chi connectivity index (χ1v) is 20.8. The summed E-state index contributed by atoms with van der Waals surface area (Å²) in [6.45, 7) is 26.8. The van der Waals surface area contributed by atoms with Gasteiger partial charge in [0, 0.05) is 46.7 Å². The van der Waals surface area contributed by atoms with E-state index in [9.17, 15) is 19.2 Å². The molecular formula is C46H66N4O8. The normalized spacial score (nSPS) is 11.9. The second-order valence-corrected chi connectivity index (χ2v) is 17.1. The van der Waals surface area contributed by atoms with Gasteiger partial charge in [-0.1, -0.05) is 26.7 Å². The van der Waals surface area contributed by atoms with Gasteiger partial charge in [0.1, 0.15) is 34.0 Å². The third-order valence-electron chi connectivity index (χ3n) is 10.3. The minimum Gasteiger partial charge on any atom is -0.461 e. The molecule has 58 heavy (non-hydrogen) atoms. The first-order chi connectivity index (χ1) is 27.2. The first kappa shape index (κ1) is 45.7. The number of esters is 4. The number of aromatic nitrogens is 4. The summed E-state index contributed by atoms with van der Waals surface area (Å²) in [5, 5.41) is 0. The lowest BCUT2D eigenvalue weighted by atomic mass is 9.93. The smallest absolute Gasteiger partial charge is 0.355 e. The number of hydrogen-bond donors (Lipinski definition) is 4. The SMILES string of the molecule is CCCCc1c(Cc2[nH]c(C(=O)OCC)c(-c3c(Cc4[nH]c(C(=O)OC(C)(C)C)c(C)c4CCCC)[nH]c(C(=O)OCC)c3C)c2C)[nH]c(C(=O)OC(C)(C)C)c1C. The Morgan fingerprint density at radius 2 is 0.845 bits per heavy atom. The average Bonchev–Trinajstić information content (AvgIpc) is 3.82. The molecule has 0 aliphatic rings. The lowest BCUT2D eigenvalue weighted by molar-refractivity contribution is 0.00501. The van der Waals surface area contributed by atoms with E-state index >= 15 is 0 Å². The number of ether oxygens (including phenoxy) is 4. The Kier molecular flexibility index (Phi) is 14.7. The Morgan fingerprint density at radius 3 is 1.26 bits per heavy atom. The third-order valence-corrected chi connectivity index (χ3v) is 10.3. The van der Waals surface area contributed by atoms with Gasteiger partial charge in [-0.2, -0.15) is 0 Å². The molecule has 0 bridgehead atoms. The first-order valence-electron chi connectivity index (χ1n) is 20.8. The molecule has 0 saturated heterocycles. The van der Waals surface area contributed by atoms with Gasteiger partial charge in [-0.05, 0) is 142 Å². The van der Waals surface area contributed by atoms with Crippen LogP contribution < -0.4 is 0 Å². The molecular weight excluding hydrogens is 737 g/mol. The number of hydrogen-bond acceptors (Lipinski definition) is 8. The molecule has 4 aromatic heterocycles. The van der Waals surface area contributed by atoms with Gasteiger partial charge in [-0.3, -0.25) is 0 Å². The molecule has 4 rings (SSSR count). The van der Waals surface area contributed by atoms with E-state index in [0.717, 1.165) is 83.4 Å². The number of H-pyrrole nitrogens is 4. The maximum Gasteiger partial charge on any atom is 0.355 e.